The number of halogens is 1. The number of carbonyl (C=O) groups excluding carboxylic acids is 2. The Morgan fingerprint density at radius 3 is 2.72 bits per heavy atom. The maximum atomic E-state index is 12.5. The van der Waals surface area contributed by atoms with Crippen molar-refractivity contribution in [2.75, 3.05) is 7.11 Å². The molecule has 0 aliphatic carbocycles. The van der Waals surface area contributed by atoms with Gasteiger partial charge in [0.1, 0.15) is 28.4 Å². The number of rotatable bonds is 6. The van der Waals surface area contributed by atoms with Crippen molar-refractivity contribution >= 4 is 38.8 Å². The molecule has 2 heterocycles. The molecule has 25 heavy (non-hydrogen) atoms. The minimum atomic E-state index is -1.14. The zero-order valence-electron chi connectivity index (χ0n) is 14.5. The van der Waals surface area contributed by atoms with Gasteiger partial charge in [-0.3, -0.25) is 14.2 Å². The third-order valence-corrected chi connectivity index (χ3v) is 4.44. The first-order valence-corrected chi connectivity index (χ1v) is 8.50. The van der Waals surface area contributed by atoms with Crippen molar-refractivity contribution in [1.82, 2.24) is 24.6 Å². The fraction of sp³-hybridized carbons (Fsp3) is 0.533. The number of fused-ring (bicyclic) bond motifs is 1. The molecule has 10 heteroatoms. The first-order chi connectivity index (χ1) is 11.7. The predicted molar refractivity (Wildman–Crippen MR) is 93.9 cm³/mol. The largest absolute Gasteiger partial charge is 0.467 e. The standard InChI is InChI=1S/C15H20BrN5O4/c1-5-6-15(2,14(24)25-4)18-9(22)7-21-8-17-12-10(13(21)23)11(16)19-20(12)3/h8H,5-7H2,1-4H3,(H,18,22). The number of ether oxygens (including phenoxy) is 1. The number of aryl methyl sites for hydroxylation is 1. The molecular weight excluding hydrogens is 394 g/mol. The summed E-state index contributed by atoms with van der Waals surface area (Å²) < 4.78 is 7.78. The average molecular weight is 414 g/mol. The third-order valence-electron chi connectivity index (χ3n) is 3.88. The van der Waals surface area contributed by atoms with Crippen LogP contribution in [-0.2, 0) is 27.9 Å². The fourth-order valence-electron chi connectivity index (χ4n) is 2.69. The summed E-state index contributed by atoms with van der Waals surface area (Å²) in [6.07, 6.45) is 2.39. The smallest absolute Gasteiger partial charge is 0.331 e. The van der Waals surface area contributed by atoms with E-state index in [9.17, 15) is 14.4 Å². The lowest BCUT2D eigenvalue weighted by atomic mass is 9.96. The lowest BCUT2D eigenvalue weighted by molar-refractivity contribution is -0.150. The van der Waals surface area contributed by atoms with Crippen LogP contribution in [0.4, 0.5) is 0 Å². The van der Waals surface area contributed by atoms with Crippen molar-refractivity contribution in [3.05, 3.63) is 21.3 Å². The summed E-state index contributed by atoms with van der Waals surface area (Å²) in [5.74, 6) is -1.01. The average Bonchev–Trinajstić information content (AvgIpc) is 2.84. The number of aromatic nitrogens is 4. The van der Waals surface area contributed by atoms with Crippen molar-refractivity contribution in [2.24, 2.45) is 7.05 Å². The number of hydrogen-bond donors (Lipinski definition) is 1. The Kier molecular flexibility index (Phi) is 5.61. The molecule has 0 fully saturated rings. The molecule has 0 aromatic carbocycles. The molecule has 0 saturated heterocycles. The summed E-state index contributed by atoms with van der Waals surface area (Å²) in [7, 11) is 2.94. The maximum absolute atomic E-state index is 12.5. The fourth-order valence-corrected chi connectivity index (χ4v) is 3.28. The number of methoxy groups -OCH3 is 1. The van der Waals surface area contributed by atoms with Gasteiger partial charge in [0.05, 0.1) is 7.11 Å². The summed E-state index contributed by atoms with van der Waals surface area (Å²) >= 11 is 3.22. The molecule has 1 unspecified atom stereocenters. The number of nitrogens with zero attached hydrogens (tertiary/aromatic N) is 4. The highest BCUT2D eigenvalue weighted by atomic mass is 79.9. The lowest BCUT2D eigenvalue weighted by Gasteiger charge is -2.27. The summed E-state index contributed by atoms with van der Waals surface area (Å²) in [5, 5.41) is 7.03. The van der Waals surface area contributed by atoms with Crippen LogP contribution in [0.15, 0.2) is 15.7 Å². The van der Waals surface area contributed by atoms with Gasteiger partial charge < -0.3 is 10.1 Å². The second kappa shape index (κ2) is 7.34. The van der Waals surface area contributed by atoms with Crippen LogP contribution in [0.5, 0.6) is 0 Å². The molecule has 0 radical (unpaired) electrons. The summed E-state index contributed by atoms with van der Waals surface area (Å²) in [5.41, 5.74) is -1.12. The molecule has 136 valence electrons. The van der Waals surface area contributed by atoms with E-state index < -0.39 is 23.0 Å². The molecule has 2 aromatic rings. The summed E-state index contributed by atoms with van der Waals surface area (Å²) in [6, 6.07) is 0. The molecule has 1 N–H and O–H groups in total. The van der Waals surface area contributed by atoms with Crippen LogP contribution in [0.1, 0.15) is 26.7 Å². The topological polar surface area (TPSA) is 108 Å². The highest BCUT2D eigenvalue weighted by Crippen LogP contribution is 2.17. The lowest BCUT2D eigenvalue weighted by Crippen LogP contribution is -2.53. The highest BCUT2D eigenvalue weighted by molar-refractivity contribution is 9.10. The van der Waals surface area contributed by atoms with Gasteiger partial charge in [0.15, 0.2) is 5.65 Å². The molecule has 9 nitrogen and oxygen atoms in total. The van der Waals surface area contributed by atoms with Gasteiger partial charge in [0, 0.05) is 7.05 Å². The van der Waals surface area contributed by atoms with Gasteiger partial charge in [-0.05, 0) is 29.3 Å². The van der Waals surface area contributed by atoms with E-state index >= 15 is 0 Å². The highest BCUT2D eigenvalue weighted by Gasteiger charge is 2.35. The van der Waals surface area contributed by atoms with Gasteiger partial charge in [-0.1, -0.05) is 13.3 Å². The van der Waals surface area contributed by atoms with Crippen molar-refractivity contribution in [1.29, 1.82) is 0 Å². The van der Waals surface area contributed by atoms with E-state index in [0.717, 1.165) is 0 Å². The Morgan fingerprint density at radius 2 is 2.12 bits per heavy atom. The van der Waals surface area contributed by atoms with Gasteiger partial charge in [-0.15, -0.1) is 0 Å². The van der Waals surface area contributed by atoms with E-state index in [1.807, 2.05) is 6.92 Å². The van der Waals surface area contributed by atoms with E-state index in [4.69, 9.17) is 4.74 Å². The van der Waals surface area contributed by atoms with Crippen LogP contribution in [0.2, 0.25) is 0 Å². The van der Waals surface area contributed by atoms with Crippen molar-refractivity contribution in [2.45, 2.75) is 38.8 Å². The van der Waals surface area contributed by atoms with Crippen LogP contribution >= 0.6 is 15.9 Å². The van der Waals surface area contributed by atoms with E-state index in [2.05, 4.69) is 31.3 Å². The first-order valence-electron chi connectivity index (χ1n) is 7.70. The predicted octanol–water partition coefficient (Wildman–Crippen LogP) is 0.740. The molecular formula is C15H20BrN5O4. The quantitative estimate of drug-likeness (QED) is 0.699. The van der Waals surface area contributed by atoms with Gasteiger partial charge in [-0.25, -0.2) is 14.5 Å². The molecule has 1 amide bonds. The minimum Gasteiger partial charge on any atom is -0.467 e. The van der Waals surface area contributed by atoms with Crippen LogP contribution < -0.4 is 10.9 Å². The van der Waals surface area contributed by atoms with Gasteiger partial charge >= 0.3 is 5.97 Å². The third kappa shape index (κ3) is 3.73. The van der Waals surface area contributed by atoms with Crippen LogP contribution in [0.25, 0.3) is 11.0 Å². The summed E-state index contributed by atoms with van der Waals surface area (Å²) in [6.45, 7) is 3.23. The van der Waals surface area contributed by atoms with Crippen molar-refractivity contribution in [3.63, 3.8) is 0 Å². The van der Waals surface area contributed by atoms with Crippen LogP contribution in [-0.4, -0.2) is 43.9 Å². The zero-order valence-corrected chi connectivity index (χ0v) is 16.1. The first kappa shape index (κ1) is 19.1. The van der Waals surface area contributed by atoms with Gasteiger partial charge in [0.2, 0.25) is 5.91 Å². The number of nitrogens with one attached hydrogen (secondary N) is 1. The normalized spacial score (nSPS) is 13.5. The van der Waals surface area contributed by atoms with Gasteiger partial charge in [0.25, 0.3) is 5.56 Å². The summed E-state index contributed by atoms with van der Waals surface area (Å²) in [4.78, 5) is 41.0. The Bertz CT molecular complexity index is 875. The molecule has 0 spiro atoms. The monoisotopic (exact) mass is 413 g/mol. The SMILES string of the molecule is CCCC(C)(NC(=O)Cn1cnc2c(c(Br)nn2C)c1=O)C(=O)OC. The second-order valence-corrected chi connectivity index (χ2v) is 6.66. The molecule has 2 aromatic heterocycles. The second-order valence-electron chi connectivity index (χ2n) is 5.91. The van der Waals surface area contributed by atoms with E-state index in [-0.39, 0.29) is 6.54 Å². The maximum Gasteiger partial charge on any atom is 0.331 e. The molecule has 0 aliphatic heterocycles. The Balaban J connectivity index is 2.27. The number of amides is 1. The molecule has 1 atom stereocenters. The van der Waals surface area contributed by atoms with E-state index in [1.54, 1.807) is 14.0 Å². The van der Waals surface area contributed by atoms with Crippen LogP contribution in [0.3, 0.4) is 0 Å². The van der Waals surface area contributed by atoms with E-state index in [0.29, 0.717) is 28.5 Å². The molecule has 2 rings (SSSR count). The number of esters is 1. The Hall–Kier alpha value is -2.23. The molecule has 0 bridgehead atoms. The minimum absolute atomic E-state index is 0.264. The van der Waals surface area contributed by atoms with E-state index in [1.165, 1.54) is 22.7 Å². The molecule has 0 aliphatic rings. The number of hydrogen-bond acceptors (Lipinski definition) is 6. The van der Waals surface area contributed by atoms with Gasteiger partial charge in [-0.2, -0.15) is 5.10 Å². The van der Waals surface area contributed by atoms with Crippen LogP contribution in [0, 0.1) is 0 Å². The Labute approximate surface area is 152 Å². The molecule has 0 saturated carbocycles. The Morgan fingerprint density at radius 1 is 1.44 bits per heavy atom. The van der Waals surface area contributed by atoms with Crippen molar-refractivity contribution in [3.8, 4) is 0 Å². The number of carbonyl (C=O) groups is 2. The van der Waals surface area contributed by atoms with Crippen molar-refractivity contribution < 1.29 is 14.3 Å². The zero-order chi connectivity index (χ0) is 18.8.